The molecular weight excluding hydrogens is 538 g/mol. The average Bonchev–Trinajstić information content (AvgIpc) is 2.72. The molecule has 2 unspecified atom stereocenters. The summed E-state index contributed by atoms with van der Waals surface area (Å²) in [7, 11) is -4.66. The Kier molecular flexibility index (Phi) is 11.0. The molecule has 0 bridgehead atoms. The van der Waals surface area contributed by atoms with Crippen molar-refractivity contribution in [3.05, 3.63) is 49.5 Å². The van der Waals surface area contributed by atoms with Crippen molar-refractivity contribution in [3.8, 4) is 11.8 Å². The number of aryl methyl sites for hydroxylation is 2. The molecule has 0 fully saturated rings. The second-order valence-electron chi connectivity index (χ2n) is 8.95. The predicted molar refractivity (Wildman–Crippen MR) is 139 cm³/mol. The molecule has 0 spiro atoms. The third-order valence-electron chi connectivity index (χ3n) is 5.22. The van der Waals surface area contributed by atoms with Crippen LogP contribution in [0.1, 0.15) is 49.2 Å². The molecule has 2 atom stereocenters. The lowest BCUT2D eigenvalue weighted by Gasteiger charge is -2.17. The van der Waals surface area contributed by atoms with Gasteiger partial charge in [-0.15, -0.1) is 0 Å². The van der Waals surface area contributed by atoms with E-state index in [1.165, 1.54) is 33.8 Å². The second-order valence-corrected chi connectivity index (χ2v) is 10.3. The maximum atomic E-state index is 11.8. The van der Waals surface area contributed by atoms with Crippen molar-refractivity contribution >= 4 is 27.8 Å². The van der Waals surface area contributed by atoms with Crippen LogP contribution in [-0.4, -0.2) is 62.1 Å². The zero-order chi connectivity index (χ0) is 30.4. The van der Waals surface area contributed by atoms with Gasteiger partial charge in [0.15, 0.2) is 4.90 Å². The molecule has 0 aliphatic heterocycles. The standard InChI is InChI=1S/C12H17N3O4.C11H16N2O6S/c1-6-4-9(17)15(5-7(2)14-8(3)16)12(19)10(6)11(13)18;1-6-4-9(15)13(5-7(2)12-8(3)14)11(16)10(6)20(17,18)19/h4,7,19H,5H2,1-3H3,(H2,13,18)(H,14,16);4,7,16H,5H2,1-3H3,(H,12,14)(H,17,18,19). The molecule has 16 heteroatoms. The molecule has 2 heterocycles. The van der Waals surface area contributed by atoms with Crippen molar-refractivity contribution in [1.82, 2.24) is 19.8 Å². The maximum Gasteiger partial charge on any atom is 0.300 e. The van der Waals surface area contributed by atoms with E-state index >= 15 is 0 Å². The van der Waals surface area contributed by atoms with Gasteiger partial charge in [0.25, 0.3) is 27.1 Å². The smallest absolute Gasteiger partial charge is 0.300 e. The Morgan fingerprint density at radius 3 is 1.62 bits per heavy atom. The molecule has 0 saturated carbocycles. The number of nitrogens with one attached hydrogen (secondary N) is 2. The number of carbonyl (C=O) groups excluding carboxylic acids is 3. The highest BCUT2D eigenvalue weighted by Crippen LogP contribution is 2.24. The van der Waals surface area contributed by atoms with Crippen LogP contribution in [0.25, 0.3) is 0 Å². The van der Waals surface area contributed by atoms with E-state index in [1.54, 1.807) is 13.8 Å². The summed E-state index contributed by atoms with van der Waals surface area (Å²) in [6, 6.07) is 1.33. The molecule has 0 aromatic carbocycles. The van der Waals surface area contributed by atoms with Gasteiger partial charge in [0, 0.05) is 51.2 Å². The Labute approximate surface area is 224 Å². The van der Waals surface area contributed by atoms with Crippen molar-refractivity contribution in [2.45, 2.75) is 71.6 Å². The summed E-state index contributed by atoms with van der Waals surface area (Å²) in [5.41, 5.74) is 4.24. The Hall–Kier alpha value is -4.18. The second kappa shape index (κ2) is 13.1. The van der Waals surface area contributed by atoms with E-state index in [1.807, 2.05) is 0 Å². The molecule has 0 radical (unpaired) electrons. The number of rotatable bonds is 8. The van der Waals surface area contributed by atoms with E-state index in [4.69, 9.17) is 10.3 Å². The van der Waals surface area contributed by atoms with Crippen molar-refractivity contribution in [3.63, 3.8) is 0 Å². The first-order chi connectivity index (χ1) is 17.8. The lowest BCUT2D eigenvalue weighted by molar-refractivity contribution is -0.120. The van der Waals surface area contributed by atoms with Gasteiger partial charge >= 0.3 is 0 Å². The molecule has 216 valence electrons. The number of aromatic hydroxyl groups is 2. The molecule has 0 saturated heterocycles. The number of amides is 3. The van der Waals surface area contributed by atoms with Gasteiger partial charge in [-0.2, -0.15) is 8.42 Å². The lowest BCUT2D eigenvalue weighted by Crippen LogP contribution is -2.37. The van der Waals surface area contributed by atoms with Gasteiger partial charge in [0.1, 0.15) is 5.56 Å². The van der Waals surface area contributed by atoms with Crippen molar-refractivity contribution in [2.75, 3.05) is 0 Å². The van der Waals surface area contributed by atoms with Crippen LogP contribution in [0, 0.1) is 13.8 Å². The van der Waals surface area contributed by atoms with E-state index in [2.05, 4.69) is 10.6 Å². The van der Waals surface area contributed by atoms with E-state index < -0.39 is 49.8 Å². The van der Waals surface area contributed by atoms with Crippen molar-refractivity contribution in [1.29, 1.82) is 0 Å². The molecular formula is C23H33N5O10S. The minimum Gasteiger partial charge on any atom is -0.494 e. The topological polar surface area (TPSA) is 240 Å². The van der Waals surface area contributed by atoms with E-state index in [0.717, 1.165) is 15.2 Å². The Balaban J connectivity index is 0.000000391. The van der Waals surface area contributed by atoms with Gasteiger partial charge in [-0.25, -0.2) is 0 Å². The highest BCUT2D eigenvalue weighted by molar-refractivity contribution is 7.86. The molecule has 0 aliphatic carbocycles. The first-order valence-electron chi connectivity index (χ1n) is 11.5. The summed E-state index contributed by atoms with van der Waals surface area (Å²) in [4.78, 5) is 55.9. The zero-order valence-corrected chi connectivity index (χ0v) is 23.1. The molecule has 0 aliphatic rings. The fourth-order valence-electron chi connectivity index (χ4n) is 3.79. The zero-order valence-electron chi connectivity index (χ0n) is 22.3. The van der Waals surface area contributed by atoms with Crippen LogP contribution >= 0.6 is 0 Å². The predicted octanol–water partition coefficient (Wildman–Crippen LogP) is -0.881. The normalized spacial score (nSPS) is 12.5. The minimum absolute atomic E-state index is 0.0464. The van der Waals surface area contributed by atoms with E-state index in [-0.39, 0.29) is 42.1 Å². The first-order valence-corrected chi connectivity index (χ1v) is 12.9. The van der Waals surface area contributed by atoms with E-state index in [0.29, 0.717) is 5.56 Å². The van der Waals surface area contributed by atoms with Gasteiger partial charge in [-0.05, 0) is 38.8 Å². The summed E-state index contributed by atoms with van der Waals surface area (Å²) in [5, 5.41) is 24.9. The van der Waals surface area contributed by atoms with Gasteiger partial charge in [0.2, 0.25) is 23.6 Å². The third kappa shape index (κ3) is 8.96. The molecule has 2 aromatic rings. The van der Waals surface area contributed by atoms with Gasteiger partial charge in [-0.1, -0.05) is 0 Å². The van der Waals surface area contributed by atoms with Gasteiger partial charge < -0.3 is 26.6 Å². The highest BCUT2D eigenvalue weighted by atomic mass is 32.2. The van der Waals surface area contributed by atoms with Crippen LogP contribution < -0.4 is 27.5 Å². The molecule has 15 nitrogen and oxygen atoms in total. The van der Waals surface area contributed by atoms with E-state index in [9.17, 15) is 42.6 Å². The quantitative estimate of drug-likeness (QED) is 0.214. The number of nitrogens with two attached hydrogens (primary N) is 1. The number of primary amides is 1. The van der Waals surface area contributed by atoms with Crippen LogP contribution in [0.15, 0.2) is 26.6 Å². The number of aromatic nitrogens is 2. The van der Waals surface area contributed by atoms with Crippen molar-refractivity contribution in [2.24, 2.45) is 5.73 Å². The van der Waals surface area contributed by atoms with Crippen LogP contribution in [-0.2, 0) is 32.8 Å². The van der Waals surface area contributed by atoms with Gasteiger partial charge in [0.05, 0.1) is 0 Å². The summed E-state index contributed by atoms with van der Waals surface area (Å²) >= 11 is 0. The largest absolute Gasteiger partial charge is 0.494 e. The summed E-state index contributed by atoms with van der Waals surface area (Å²) < 4.78 is 33.3. The Morgan fingerprint density at radius 2 is 1.26 bits per heavy atom. The fraction of sp³-hybridized carbons (Fsp3) is 0.435. The molecule has 39 heavy (non-hydrogen) atoms. The van der Waals surface area contributed by atoms with Gasteiger partial charge in [-0.3, -0.25) is 37.7 Å². The lowest BCUT2D eigenvalue weighted by atomic mass is 10.1. The SMILES string of the molecule is CC(=O)NC(C)Cn1c(O)c(C(N)=O)c(C)cc1=O.CC(=O)NC(C)Cn1c(O)c(S(=O)(=O)O)c(C)cc1=O. The maximum absolute atomic E-state index is 11.8. The minimum atomic E-state index is -4.66. The number of hydrogen-bond acceptors (Lipinski definition) is 9. The van der Waals surface area contributed by atoms with Crippen LogP contribution in [0.2, 0.25) is 0 Å². The van der Waals surface area contributed by atoms with Crippen molar-refractivity contribution < 1.29 is 37.6 Å². The summed E-state index contributed by atoms with van der Waals surface area (Å²) in [6.45, 7) is 8.62. The molecule has 2 aromatic heterocycles. The first kappa shape index (κ1) is 32.8. The Bertz CT molecular complexity index is 1490. The molecule has 7 N–H and O–H groups in total. The summed E-state index contributed by atoms with van der Waals surface area (Å²) in [6.07, 6.45) is 0. The highest BCUT2D eigenvalue weighted by Gasteiger charge is 2.24. The third-order valence-corrected chi connectivity index (χ3v) is 6.24. The van der Waals surface area contributed by atoms with Crippen LogP contribution in [0.5, 0.6) is 11.8 Å². The summed E-state index contributed by atoms with van der Waals surface area (Å²) in [5.74, 6) is -2.71. The average molecular weight is 572 g/mol. The Morgan fingerprint density at radius 1 is 0.872 bits per heavy atom. The number of nitrogens with zero attached hydrogens (tertiary/aromatic N) is 2. The number of carbonyl (C=O) groups is 3. The van der Waals surface area contributed by atoms with Crippen LogP contribution in [0.3, 0.4) is 0 Å². The number of pyridine rings is 2. The molecule has 2 rings (SSSR count). The molecule has 3 amide bonds. The fourth-order valence-corrected chi connectivity index (χ4v) is 4.60. The monoisotopic (exact) mass is 571 g/mol. The number of hydrogen-bond donors (Lipinski definition) is 6. The van der Waals surface area contributed by atoms with Crippen LogP contribution in [0.4, 0.5) is 0 Å².